The van der Waals surface area contributed by atoms with Gasteiger partial charge in [0.2, 0.25) is 0 Å². The van der Waals surface area contributed by atoms with Gasteiger partial charge in [-0.05, 0) is 25.0 Å². The topological polar surface area (TPSA) is 29.3 Å². The zero-order chi connectivity index (χ0) is 14.0. The number of halogens is 4. The van der Waals surface area contributed by atoms with Crippen LogP contribution < -0.4 is 10.6 Å². The maximum Gasteiger partial charge on any atom is 0.393 e. The van der Waals surface area contributed by atoms with Gasteiger partial charge in [-0.25, -0.2) is 0 Å². The molecule has 0 bridgehead atoms. The Kier molecular flexibility index (Phi) is 4.26. The van der Waals surface area contributed by atoms with Crippen molar-refractivity contribution in [2.75, 3.05) is 18.0 Å². The van der Waals surface area contributed by atoms with Gasteiger partial charge < -0.3 is 10.6 Å². The lowest BCUT2D eigenvalue weighted by Crippen LogP contribution is -2.42. The molecule has 1 heterocycles. The number of nitrogens with two attached hydrogens (primary N) is 1. The van der Waals surface area contributed by atoms with E-state index in [4.69, 9.17) is 17.3 Å². The molecule has 2 rings (SSSR count). The van der Waals surface area contributed by atoms with Crippen molar-refractivity contribution in [1.29, 1.82) is 0 Å². The first-order valence-corrected chi connectivity index (χ1v) is 6.60. The van der Waals surface area contributed by atoms with E-state index in [2.05, 4.69) is 0 Å². The van der Waals surface area contributed by atoms with Crippen molar-refractivity contribution in [3.8, 4) is 0 Å². The summed E-state index contributed by atoms with van der Waals surface area (Å²) in [6, 6.07) is 5.24. The molecule has 1 aliphatic heterocycles. The van der Waals surface area contributed by atoms with E-state index in [-0.39, 0.29) is 19.5 Å². The van der Waals surface area contributed by atoms with E-state index in [0.29, 0.717) is 23.6 Å². The minimum Gasteiger partial charge on any atom is -0.371 e. The zero-order valence-electron chi connectivity index (χ0n) is 10.4. The maximum atomic E-state index is 12.8. The maximum absolute atomic E-state index is 12.8. The van der Waals surface area contributed by atoms with Crippen LogP contribution in [-0.4, -0.2) is 19.3 Å². The second-order valence-electron chi connectivity index (χ2n) is 4.77. The van der Waals surface area contributed by atoms with E-state index in [0.717, 1.165) is 5.69 Å². The molecule has 1 aliphatic rings. The predicted octanol–water partition coefficient (Wildman–Crippen LogP) is 3.58. The lowest BCUT2D eigenvalue weighted by Gasteiger charge is -2.36. The van der Waals surface area contributed by atoms with E-state index in [1.807, 2.05) is 0 Å². The molecule has 0 amide bonds. The summed E-state index contributed by atoms with van der Waals surface area (Å²) in [4.78, 5) is 1.75. The second-order valence-corrected chi connectivity index (χ2v) is 5.18. The average molecular weight is 293 g/mol. The third-order valence-corrected chi connectivity index (χ3v) is 3.88. The number of alkyl halides is 3. The Bertz CT molecular complexity index is 448. The SMILES string of the molecule is NCc1c(Cl)cccc1N1CCCC(C(F)(F)F)C1. The number of anilines is 1. The van der Waals surface area contributed by atoms with Gasteiger partial charge in [-0.15, -0.1) is 0 Å². The van der Waals surface area contributed by atoms with Crippen molar-refractivity contribution in [2.24, 2.45) is 11.7 Å². The first kappa shape index (κ1) is 14.5. The number of piperidine rings is 1. The molecule has 0 saturated carbocycles. The Labute approximate surface area is 115 Å². The lowest BCUT2D eigenvalue weighted by atomic mass is 9.96. The second kappa shape index (κ2) is 5.59. The largest absolute Gasteiger partial charge is 0.393 e. The molecule has 0 spiro atoms. The molecule has 1 aromatic carbocycles. The van der Waals surface area contributed by atoms with Gasteiger partial charge in [0.05, 0.1) is 5.92 Å². The van der Waals surface area contributed by atoms with Crippen molar-refractivity contribution in [2.45, 2.75) is 25.6 Å². The van der Waals surface area contributed by atoms with Crippen LogP contribution in [0.25, 0.3) is 0 Å². The first-order valence-electron chi connectivity index (χ1n) is 6.22. The van der Waals surface area contributed by atoms with Gasteiger partial charge in [-0.1, -0.05) is 17.7 Å². The van der Waals surface area contributed by atoms with Crippen LogP contribution >= 0.6 is 11.6 Å². The number of hydrogen-bond donors (Lipinski definition) is 1. The summed E-state index contributed by atoms with van der Waals surface area (Å²) in [6.07, 6.45) is -3.42. The molecule has 1 unspecified atom stereocenters. The molecule has 6 heteroatoms. The van der Waals surface area contributed by atoms with Gasteiger partial charge in [-0.3, -0.25) is 0 Å². The fourth-order valence-corrected chi connectivity index (χ4v) is 2.76. The highest BCUT2D eigenvalue weighted by Crippen LogP contribution is 2.36. The number of hydrogen-bond acceptors (Lipinski definition) is 2. The molecular formula is C13H16ClF3N2. The van der Waals surface area contributed by atoms with Crippen molar-refractivity contribution < 1.29 is 13.2 Å². The molecule has 1 saturated heterocycles. The van der Waals surface area contributed by atoms with Crippen LogP contribution in [0.3, 0.4) is 0 Å². The third-order valence-electron chi connectivity index (χ3n) is 3.52. The smallest absolute Gasteiger partial charge is 0.371 e. The Morgan fingerprint density at radius 1 is 1.37 bits per heavy atom. The number of nitrogens with zero attached hydrogens (tertiary/aromatic N) is 1. The van der Waals surface area contributed by atoms with Crippen LogP contribution in [-0.2, 0) is 6.54 Å². The predicted molar refractivity (Wildman–Crippen MR) is 70.3 cm³/mol. The monoisotopic (exact) mass is 292 g/mol. The Balaban J connectivity index is 2.25. The Hall–Kier alpha value is -0.940. The molecule has 0 radical (unpaired) electrons. The van der Waals surface area contributed by atoms with Gasteiger partial charge in [0.15, 0.2) is 0 Å². The van der Waals surface area contributed by atoms with Crippen molar-refractivity contribution in [3.63, 3.8) is 0 Å². The molecule has 19 heavy (non-hydrogen) atoms. The minimum atomic E-state index is -4.14. The van der Waals surface area contributed by atoms with Crippen LogP contribution in [0.4, 0.5) is 18.9 Å². The fraction of sp³-hybridized carbons (Fsp3) is 0.538. The van der Waals surface area contributed by atoms with Crippen LogP contribution in [0.2, 0.25) is 5.02 Å². The van der Waals surface area contributed by atoms with Crippen LogP contribution in [0.1, 0.15) is 18.4 Å². The first-order chi connectivity index (χ1) is 8.93. The van der Waals surface area contributed by atoms with Gasteiger partial charge in [0.1, 0.15) is 0 Å². The van der Waals surface area contributed by atoms with Crippen LogP contribution in [0, 0.1) is 5.92 Å². The quantitative estimate of drug-likeness (QED) is 0.903. The molecule has 0 aliphatic carbocycles. The van der Waals surface area contributed by atoms with Crippen LogP contribution in [0.15, 0.2) is 18.2 Å². The van der Waals surface area contributed by atoms with Crippen LogP contribution in [0.5, 0.6) is 0 Å². The highest BCUT2D eigenvalue weighted by molar-refractivity contribution is 6.31. The summed E-state index contributed by atoms with van der Waals surface area (Å²) in [5.41, 5.74) is 7.09. The zero-order valence-corrected chi connectivity index (χ0v) is 11.1. The lowest BCUT2D eigenvalue weighted by molar-refractivity contribution is -0.175. The van der Waals surface area contributed by atoms with Crippen molar-refractivity contribution in [1.82, 2.24) is 0 Å². The van der Waals surface area contributed by atoms with Gasteiger partial charge >= 0.3 is 6.18 Å². The molecule has 1 atom stereocenters. The standard InChI is InChI=1S/C13H16ClF3N2/c14-11-4-1-5-12(10(11)7-18)19-6-2-3-9(8-19)13(15,16)17/h1,4-5,9H,2-3,6-8,18H2. The minimum absolute atomic E-state index is 0.0170. The molecule has 2 nitrogen and oxygen atoms in total. The molecule has 1 fully saturated rings. The van der Waals surface area contributed by atoms with E-state index in [9.17, 15) is 13.2 Å². The number of rotatable bonds is 2. The fourth-order valence-electron chi connectivity index (χ4n) is 2.51. The summed E-state index contributed by atoms with van der Waals surface area (Å²) in [7, 11) is 0. The summed E-state index contributed by atoms with van der Waals surface area (Å²) < 4.78 is 38.4. The summed E-state index contributed by atoms with van der Waals surface area (Å²) in [5, 5.41) is 0.508. The summed E-state index contributed by atoms with van der Waals surface area (Å²) >= 11 is 6.05. The van der Waals surface area contributed by atoms with E-state index < -0.39 is 12.1 Å². The third kappa shape index (κ3) is 3.15. The molecule has 2 N–H and O–H groups in total. The van der Waals surface area contributed by atoms with Crippen molar-refractivity contribution in [3.05, 3.63) is 28.8 Å². The highest BCUT2D eigenvalue weighted by Gasteiger charge is 2.42. The average Bonchev–Trinajstić information content (AvgIpc) is 2.37. The molecular weight excluding hydrogens is 277 g/mol. The van der Waals surface area contributed by atoms with Gasteiger partial charge in [0.25, 0.3) is 0 Å². The van der Waals surface area contributed by atoms with E-state index >= 15 is 0 Å². The molecule has 1 aromatic rings. The Morgan fingerprint density at radius 3 is 2.74 bits per heavy atom. The van der Waals surface area contributed by atoms with E-state index in [1.54, 1.807) is 23.1 Å². The molecule has 0 aromatic heterocycles. The Morgan fingerprint density at radius 2 is 2.11 bits per heavy atom. The molecule has 106 valence electrons. The van der Waals surface area contributed by atoms with Crippen molar-refractivity contribution >= 4 is 17.3 Å². The van der Waals surface area contributed by atoms with Gasteiger partial charge in [0, 0.05) is 35.9 Å². The van der Waals surface area contributed by atoms with Gasteiger partial charge in [-0.2, -0.15) is 13.2 Å². The van der Waals surface area contributed by atoms with E-state index in [1.165, 1.54) is 0 Å². The normalized spacial score (nSPS) is 20.7. The number of benzene rings is 1. The summed E-state index contributed by atoms with van der Waals surface area (Å²) in [6.45, 7) is 0.818. The summed E-state index contributed by atoms with van der Waals surface area (Å²) in [5.74, 6) is -1.27. The highest BCUT2D eigenvalue weighted by atomic mass is 35.5.